The zero-order valence-corrected chi connectivity index (χ0v) is 12.4. The van der Waals surface area contributed by atoms with Gasteiger partial charge in [0, 0.05) is 0 Å². The molecule has 0 saturated heterocycles. The standard InChI is InChI=1S/C15H13F3O3S/c1-21-13-6-2-11(3-7-13)10-22(19,20)14-8-4-12(5-9-14)15(16,17)18/h2-9H,10H2,1H3. The minimum Gasteiger partial charge on any atom is -0.497 e. The maximum Gasteiger partial charge on any atom is 0.416 e. The molecule has 3 nitrogen and oxygen atoms in total. The molecule has 0 heterocycles. The molecule has 0 fully saturated rings. The van der Waals surface area contributed by atoms with Crippen LogP contribution in [0.15, 0.2) is 53.4 Å². The fourth-order valence-electron chi connectivity index (χ4n) is 1.88. The molecule has 7 heteroatoms. The Hall–Kier alpha value is -2.02. The lowest BCUT2D eigenvalue weighted by atomic mass is 10.2. The molecule has 0 saturated carbocycles. The first kappa shape index (κ1) is 16.4. The third-order valence-electron chi connectivity index (χ3n) is 3.06. The Morgan fingerprint density at radius 2 is 1.50 bits per heavy atom. The van der Waals surface area contributed by atoms with Crippen molar-refractivity contribution in [3.05, 3.63) is 59.7 Å². The molecule has 2 aromatic rings. The summed E-state index contributed by atoms with van der Waals surface area (Å²) < 4.78 is 66.8. The van der Waals surface area contributed by atoms with E-state index >= 15 is 0 Å². The summed E-state index contributed by atoms with van der Waals surface area (Å²) in [6.07, 6.45) is -4.49. The number of sulfone groups is 1. The van der Waals surface area contributed by atoms with Crippen molar-refractivity contribution in [3.8, 4) is 5.75 Å². The van der Waals surface area contributed by atoms with E-state index in [9.17, 15) is 21.6 Å². The van der Waals surface area contributed by atoms with Crippen molar-refractivity contribution in [1.29, 1.82) is 0 Å². The first-order valence-corrected chi connectivity index (χ1v) is 7.90. The Morgan fingerprint density at radius 1 is 0.955 bits per heavy atom. The van der Waals surface area contributed by atoms with Gasteiger partial charge in [-0.15, -0.1) is 0 Å². The molecule has 0 aliphatic carbocycles. The van der Waals surface area contributed by atoms with Crippen LogP contribution >= 0.6 is 0 Å². The van der Waals surface area contributed by atoms with E-state index < -0.39 is 21.6 Å². The van der Waals surface area contributed by atoms with Crippen molar-refractivity contribution < 1.29 is 26.3 Å². The molecule has 0 spiro atoms. The summed E-state index contributed by atoms with van der Waals surface area (Å²) in [4.78, 5) is -0.142. The highest BCUT2D eigenvalue weighted by Crippen LogP contribution is 2.30. The molecule has 0 N–H and O–H groups in total. The van der Waals surface area contributed by atoms with Crippen LogP contribution in [0.1, 0.15) is 11.1 Å². The Bertz CT molecular complexity index is 733. The van der Waals surface area contributed by atoms with Gasteiger partial charge in [-0.25, -0.2) is 8.42 Å². The molecule has 0 unspecified atom stereocenters. The van der Waals surface area contributed by atoms with Gasteiger partial charge in [-0.1, -0.05) is 12.1 Å². The number of rotatable bonds is 4. The smallest absolute Gasteiger partial charge is 0.416 e. The van der Waals surface area contributed by atoms with Gasteiger partial charge in [0.1, 0.15) is 5.75 Å². The minimum absolute atomic E-state index is 0.142. The fourth-order valence-corrected chi connectivity index (χ4v) is 3.22. The summed E-state index contributed by atoms with van der Waals surface area (Å²) in [6.45, 7) is 0. The van der Waals surface area contributed by atoms with Crippen LogP contribution in [0.2, 0.25) is 0 Å². The van der Waals surface area contributed by atoms with E-state index in [0.29, 0.717) is 11.3 Å². The lowest BCUT2D eigenvalue weighted by Crippen LogP contribution is -2.08. The molecule has 0 atom stereocenters. The third-order valence-corrected chi connectivity index (χ3v) is 4.76. The molecule has 0 aromatic heterocycles. The SMILES string of the molecule is COc1ccc(CS(=O)(=O)c2ccc(C(F)(F)F)cc2)cc1. The molecule has 0 aliphatic rings. The second kappa shape index (κ2) is 6.00. The van der Waals surface area contributed by atoms with Gasteiger partial charge in [0.05, 0.1) is 23.3 Å². The number of hydrogen-bond acceptors (Lipinski definition) is 3. The predicted octanol–water partition coefficient (Wildman–Crippen LogP) is 3.69. The lowest BCUT2D eigenvalue weighted by Gasteiger charge is -2.09. The predicted molar refractivity (Wildman–Crippen MR) is 75.3 cm³/mol. The van der Waals surface area contributed by atoms with E-state index in [1.54, 1.807) is 24.3 Å². The lowest BCUT2D eigenvalue weighted by molar-refractivity contribution is -0.137. The Balaban J connectivity index is 2.22. The van der Waals surface area contributed by atoms with Crippen LogP contribution in [0.3, 0.4) is 0 Å². The largest absolute Gasteiger partial charge is 0.497 e. The number of methoxy groups -OCH3 is 1. The van der Waals surface area contributed by atoms with Gasteiger partial charge in [0.15, 0.2) is 9.84 Å². The number of halogens is 3. The maximum atomic E-state index is 12.5. The number of hydrogen-bond donors (Lipinski definition) is 0. The number of alkyl halides is 3. The Morgan fingerprint density at radius 3 is 1.95 bits per heavy atom. The normalized spacial score (nSPS) is 12.2. The summed E-state index contributed by atoms with van der Waals surface area (Å²) in [5, 5.41) is 0. The summed E-state index contributed by atoms with van der Waals surface area (Å²) in [5.74, 6) is 0.304. The van der Waals surface area contributed by atoms with Crippen LogP contribution in [0.25, 0.3) is 0 Å². The molecule has 0 radical (unpaired) electrons. The van der Waals surface area contributed by atoms with Gasteiger partial charge in [-0.2, -0.15) is 13.2 Å². The highest BCUT2D eigenvalue weighted by molar-refractivity contribution is 7.90. The molecule has 0 bridgehead atoms. The Kier molecular flexibility index (Phi) is 4.46. The summed E-state index contributed by atoms with van der Waals surface area (Å²) in [5.41, 5.74) is -0.350. The second-order valence-corrected chi connectivity index (χ2v) is 6.62. The van der Waals surface area contributed by atoms with Gasteiger partial charge in [0.2, 0.25) is 0 Å². The number of benzene rings is 2. The molecule has 0 amide bonds. The fraction of sp³-hybridized carbons (Fsp3) is 0.200. The van der Waals surface area contributed by atoms with Gasteiger partial charge in [0.25, 0.3) is 0 Å². The highest BCUT2D eigenvalue weighted by Gasteiger charge is 2.30. The van der Waals surface area contributed by atoms with E-state index in [0.717, 1.165) is 24.3 Å². The minimum atomic E-state index is -4.49. The molecule has 118 valence electrons. The summed E-state index contributed by atoms with van der Waals surface area (Å²) in [6, 6.07) is 9.92. The monoisotopic (exact) mass is 330 g/mol. The average Bonchev–Trinajstić information content (AvgIpc) is 2.47. The average molecular weight is 330 g/mol. The van der Waals surface area contributed by atoms with Crippen molar-refractivity contribution in [1.82, 2.24) is 0 Å². The van der Waals surface area contributed by atoms with Crippen LogP contribution in [0.5, 0.6) is 5.75 Å². The topological polar surface area (TPSA) is 43.4 Å². The first-order valence-electron chi connectivity index (χ1n) is 6.25. The zero-order chi connectivity index (χ0) is 16.4. The number of ether oxygens (including phenoxy) is 1. The van der Waals surface area contributed by atoms with E-state index in [2.05, 4.69) is 0 Å². The molecular weight excluding hydrogens is 317 g/mol. The Labute approximate surface area is 126 Å². The molecule has 2 rings (SSSR count). The van der Waals surface area contributed by atoms with E-state index in [1.165, 1.54) is 7.11 Å². The zero-order valence-electron chi connectivity index (χ0n) is 11.6. The third kappa shape index (κ3) is 3.79. The molecular formula is C15H13F3O3S. The molecule has 0 aliphatic heterocycles. The summed E-state index contributed by atoms with van der Waals surface area (Å²) in [7, 11) is -2.21. The van der Waals surface area contributed by atoms with Gasteiger partial charge >= 0.3 is 6.18 Å². The first-order chi connectivity index (χ1) is 10.2. The van der Waals surface area contributed by atoms with Crippen LogP contribution in [-0.2, 0) is 21.8 Å². The van der Waals surface area contributed by atoms with E-state index in [-0.39, 0.29) is 10.6 Å². The van der Waals surface area contributed by atoms with E-state index in [4.69, 9.17) is 4.74 Å². The quantitative estimate of drug-likeness (QED) is 0.859. The van der Waals surface area contributed by atoms with Crippen LogP contribution in [0.4, 0.5) is 13.2 Å². The van der Waals surface area contributed by atoms with Gasteiger partial charge in [-0.05, 0) is 42.0 Å². The van der Waals surface area contributed by atoms with Crippen LogP contribution in [0, 0.1) is 0 Å². The van der Waals surface area contributed by atoms with Crippen molar-refractivity contribution in [3.63, 3.8) is 0 Å². The van der Waals surface area contributed by atoms with Crippen molar-refractivity contribution in [2.75, 3.05) is 7.11 Å². The van der Waals surface area contributed by atoms with Gasteiger partial charge in [-0.3, -0.25) is 0 Å². The van der Waals surface area contributed by atoms with Crippen LogP contribution < -0.4 is 4.74 Å². The van der Waals surface area contributed by atoms with E-state index in [1.807, 2.05) is 0 Å². The van der Waals surface area contributed by atoms with Crippen molar-refractivity contribution in [2.45, 2.75) is 16.8 Å². The molecule has 22 heavy (non-hydrogen) atoms. The molecule has 2 aromatic carbocycles. The second-order valence-electron chi connectivity index (χ2n) is 4.63. The van der Waals surface area contributed by atoms with Crippen molar-refractivity contribution >= 4 is 9.84 Å². The highest BCUT2D eigenvalue weighted by atomic mass is 32.2. The summed E-state index contributed by atoms with van der Waals surface area (Å²) >= 11 is 0. The van der Waals surface area contributed by atoms with Gasteiger partial charge < -0.3 is 4.74 Å². The van der Waals surface area contributed by atoms with Crippen molar-refractivity contribution in [2.24, 2.45) is 0 Å². The maximum absolute atomic E-state index is 12.5. The van der Waals surface area contributed by atoms with Crippen LogP contribution in [-0.4, -0.2) is 15.5 Å².